The fourth-order valence-electron chi connectivity index (χ4n) is 2.69. The maximum absolute atomic E-state index is 5.63. The molecule has 20 heavy (non-hydrogen) atoms. The highest BCUT2D eigenvalue weighted by molar-refractivity contribution is 7.18. The minimum atomic E-state index is 0.157. The summed E-state index contributed by atoms with van der Waals surface area (Å²) in [4.78, 5) is 4.63. The number of methoxy groups -OCH3 is 1. The molecule has 1 heterocycles. The Morgan fingerprint density at radius 3 is 3.00 bits per heavy atom. The topological polar surface area (TPSA) is 43.4 Å². The van der Waals surface area contributed by atoms with Crippen LogP contribution in [0, 0.1) is 0 Å². The fraction of sp³-hybridized carbons (Fsp3) is 0.533. The fourth-order valence-corrected chi connectivity index (χ4v) is 3.61. The second-order valence-electron chi connectivity index (χ2n) is 4.99. The van der Waals surface area contributed by atoms with E-state index in [2.05, 4.69) is 28.5 Å². The number of hydrogen-bond acceptors (Lipinski definition) is 5. The monoisotopic (exact) mass is 292 g/mol. The zero-order valence-electron chi connectivity index (χ0n) is 11.8. The summed E-state index contributed by atoms with van der Waals surface area (Å²) < 4.78 is 12.4. The number of hydrogen-bond donors (Lipinski definition) is 1. The molecule has 1 aliphatic carbocycles. The number of nitrogens with one attached hydrogen (secondary N) is 1. The van der Waals surface area contributed by atoms with E-state index in [1.165, 1.54) is 4.70 Å². The van der Waals surface area contributed by atoms with Gasteiger partial charge in [0, 0.05) is 26.3 Å². The molecule has 4 nitrogen and oxygen atoms in total. The second kappa shape index (κ2) is 6.18. The Kier molecular flexibility index (Phi) is 4.31. The molecule has 0 aliphatic heterocycles. The van der Waals surface area contributed by atoms with Crippen LogP contribution >= 0.6 is 11.3 Å². The van der Waals surface area contributed by atoms with E-state index < -0.39 is 0 Å². The number of fused-ring (bicyclic) bond motifs is 1. The van der Waals surface area contributed by atoms with Gasteiger partial charge in [0.2, 0.25) is 0 Å². The first-order chi connectivity index (χ1) is 9.81. The molecule has 1 fully saturated rings. The number of rotatable bonds is 6. The summed E-state index contributed by atoms with van der Waals surface area (Å²) >= 11 is 1.75. The van der Waals surface area contributed by atoms with Crippen LogP contribution in [0.2, 0.25) is 0 Å². The van der Waals surface area contributed by atoms with Crippen LogP contribution < -0.4 is 5.32 Å². The third-order valence-electron chi connectivity index (χ3n) is 3.76. The van der Waals surface area contributed by atoms with Crippen molar-refractivity contribution < 1.29 is 9.47 Å². The van der Waals surface area contributed by atoms with E-state index in [1.807, 2.05) is 13.0 Å². The Labute approximate surface area is 123 Å². The lowest BCUT2D eigenvalue weighted by atomic mass is 9.85. The average molecular weight is 292 g/mol. The molecule has 1 aromatic heterocycles. The summed E-state index contributed by atoms with van der Waals surface area (Å²) in [6, 6.07) is 8.62. The lowest BCUT2D eigenvalue weighted by molar-refractivity contribution is -0.131. The van der Waals surface area contributed by atoms with Crippen LogP contribution in [-0.4, -0.2) is 37.0 Å². The molecule has 108 valence electrons. The summed E-state index contributed by atoms with van der Waals surface area (Å²) in [5.74, 6) is 0. The van der Waals surface area contributed by atoms with E-state index in [0.717, 1.165) is 30.1 Å². The Morgan fingerprint density at radius 1 is 1.40 bits per heavy atom. The van der Waals surface area contributed by atoms with Crippen molar-refractivity contribution >= 4 is 21.6 Å². The Hall–Kier alpha value is -1.01. The van der Waals surface area contributed by atoms with Crippen molar-refractivity contribution in [3.8, 4) is 0 Å². The van der Waals surface area contributed by atoms with Gasteiger partial charge in [0.1, 0.15) is 5.01 Å². The second-order valence-corrected chi connectivity index (χ2v) is 6.11. The van der Waals surface area contributed by atoms with Gasteiger partial charge in [-0.1, -0.05) is 12.1 Å². The van der Waals surface area contributed by atoms with Gasteiger partial charge >= 0.3 is 0 Å². The quantitative estimate of drug-likeness (QED) is 0.888. The molecule has 0 saturated heterocycles. The van der Waals surface area contributed by atoms with Gasteiger partial charge in [-0.25, -0.2) is 4.98 Å². The lowest BCUT2D eigenvalue weighted by Crippen LogP contribution is -2.59. The largest absolute Gasteiger partial charge is 0.377 e. The molecule has 0 radical (unpaired) electrons. The van der Waals surface area contributed by atoms with Crippen LogP contribution in [0.5, 0.6) is 0 Å². The first-order valence-corrected chi connectivity index (χ1v) is 7.85. The minimum absolute atomic E-state index is 0.157. The van der Waals surface area contributed by atoms with Crippen molar-refractivity contribution in [3.05, 3.63) is 29.3 Å². The van der Waals surface area contributed by atoms with Crippen molar-refractivity contribution in [2.75, 3.05) is 13.7 Å². The molecule has 0 spiro atoms. The van der Waals surface area contributed by atoms with Gasteiger partial charge in [0.15, 0.2) is 0 Å². The van der Waals surface area contributed by atoms with Crippen molar-refractivity contribution in [1.82, 2.24) is 10.3 Å². The van der Waals surface area contributed by atoms with E-state index in [0.29, 0.717) is 6.04 Å². The van der Waals surface area contributed by atoms with Crippen LogP contribution in [0.1, 0.15) is 18.4 Å². The summed E-state index contributed by atoms with van der Waals surface area (Å²) in [6.45, 7) is 3.56. The molecule has 1 aliphatic rings. The third-order valence-corrected chi connectivity index (χ3v) is 4.79. The summed E-state index contributed by atoms with van der Waals surface area (Å²) in [5.41, 5.74) is 1.08. The van der Waals surface area contributed by atoms with Crippen LogP contribution in [0.15, 0.2) is 24.3 Å². The SMILES string of the molecule is CCOC1CC(NCc2nc3ccccc3s2)C1OC. The smallest absolute Gasteiger partial charge is 0.108 e. The van der Waals surface area contributed by atoms with E-state index in [1.54, 1.807) is 18.4 Å². The molecule has 2 aromatic rings. The molecule has 1 N–H and O–H groups in total. The number of nitrogens with zero attached hydrogens (tertiary/aromatic N) is 1. The van der Waals surface area contributed by atoms with Gasteiger partial charge in [-0.05, 0) is 25.5 Å². The molecule has 3 atom stereocenters. The average Bonchev–Trinajstić information content (AvgIpc) is 2.85. The van der Waals surface area contributed by atoms with E-state index in [-0.39, 0.29) is 12.2 Å². The highest BCUT2D eigenvalue weighted by Gasteiger charge is 2.41. The molecular formula is C15H20N2O2S. The molecular weight excluding hydrogens is 272 g/mol. The van der Waals surface area contributed by atoms with Gasteiger partial charge in [-0.2, -0.15) is 0 Å². The molecule has 0 amide bonds. The Balaban J connectivity index is 1.57. The van der Waals surface area contributed by atoms with Crippen LogP contribution in [0.4, 0.5) is 0 Å². The zero-order valence-corrected chi connectivity index (χ0v) is 12.7. The predicted octanol–water partition coefficient (Wildman–Crippen LogP) is 2.58. The van der Waals surface area contributed by atoms with Crippen molar-refractivity contribution in [2.24, 2.45) is 0 Å². The third kappa shape index (κ3) is 2.72. The number of aromatic nitrogens is 1. The highest BCUT2D eigenvalue weighted by atomic mass is 32.1. The molecule has 3 rings (SSSR count). The molecule has 1 saturated carbocycles. The summed E-state index contributed by atoms with van der Waals surface area (Å²) in [7, 11) is 1.75. The first-order valence-electron chi connectivity index (χ1n) is 7.04. The Morgan fingerprint density at radius 2 is 2.25 bits per heavy atom. The van der Waals surface area contributed by atoms with E-state index >= 15 is 0 Å². The van der Waals surface area contributed by atoms with E-state index in [4.69, 9.17) is 9.47 Å². The number of ether oxygens (including phenoxy) is 2. The highest BCUT2D eigenvalue weighted by Crippen LogP contribution is 2.28. The molecule has 3 unspecified atom stereocenters. The normalized spacial score (nSPS) is 25.8. The molecule has 5 heteroatoms. The van der Waals surface area contributed by atoms with E-state index in [9.17, 15) is 0 Å². The number of thiazole rings is 1. The van der Waals surface area contributed by atoms with Crippen molar-refractivity contribution in [3.63, 3.8) is 0 Å². The van der Waals surface area contributed by atoms with Gasteiger partial charge in [0.05, 0.1) is 22.4 Å². The maximum atomic E-state index is 5.63. The standard InChI is InChI=1S/C15H20N2O2S/c1-3-19-12-8-11(15(12)18-2)16-9-14-17-10-6-4-5-7-13(10)20-14/h4-7,11-12,15-16H,3,8-9H2,1-2H3. The number of benzene rings is 1. The molecule has 0 bridgehead atoms. The van der Waals surface area contributed by atoms with Gasteiger partial charge < -0.3 is 14.8 Å². The van der Waals surface area contributed by atoms with Crippen molar-refractivity contribution in [2.45, 2.75) is 38.1 Å². The predicted molar refractivity (Wildman–Crippen MR) is 81.1 cm³/mol. The van der Waals surface area contributed by atoms with Gasteiger partial charge in [0.25, 0.3) is 0 Å². The van der Waals surface area contributed by atoms with Crippen LogP contribution in [0.25, 0.3) is 10.2 Å². The van der Waals surface area contributed by atoms with Crippen LogP contribution in [0.3, 0.4) is 0 Å². The van der Waals surface area contributed by atoms with Crippen molar-refractivity contribution in [1.29, 1.82) is 0 Å². The summed E-state index contributed by atoms with van der Waals surface area (Å²) in [5, 5.41) is 4.65. The van der Waals surface area contributed by atoms with Gasteiger partial charge in [-0.3, -0.25) is 0 Å². The molecule has 1 aromatic carbocycles. The minimum Gasteiger partial charge on any atom is -0.377 e. The summed E-state index contributed by atoms with van der Waals surface area (Å²) in [6.07, 6.45) is 1.40. The lowest BCUT2D eigenvalue weighted by Gasteiger charge is -2.43. The number of para-hydroxylation sites is 1. The zero-order chi connectivity index (χ0) is 13.9. The maximum Gasteiger partial charge on any atom is 0.108 e. The van der Waals surface area contributed by atoms with Gasteiger partial charge in [-0.15, -0.1) is 11.3 Å². The first kappa shape index (κ1) is 13.9. The Bertz CT molecular complexity index is 539. The van der Waals surface area contributed by atoms with Crippen LogP contribution in [-0.2, 0) is 16.0 Å².